The van der Waals surface area contributed by atoms with Crippen LogP contribution in [0.5, 0.6) is 0 Å². The summed E-state index contributed by atoms with van der Waals surface area (Å²) in [6.07, 6.45) is 2.33. The highest BCUT2D eigenvalue weighted by Gasteiger charge is 2.12. The first-order valence-corrected chi connectivity index (χ1v) is 11.0. The minimum atomic E-state index is -0.644. The van der Waals surface area contributed by atoms with E-state index in [1.165, 1.54) is 0 Å². The third-order valence-electron chi connectivity index (χ3n) is 4.73. The number of hydrogen-bond donors (Lipinski definition) is 2. The van der Waals surface area contributed by atoms with E-state index < -0.39 is 24.5 Å². The number of aryl methyl sites for hydroxylation is 1. The molecular weight excluding hydrogens is 424 g/mol. The molecule has 0 atom stereocenters. The fourth-order valence-electron chi connectivity index (χ4n) is 2.88. The average molecular weight is 455 g/mol. The van der Waals surface area contributed by atoms with Gasteiger partial charge in [-0.3, -0.25) is 14.4 Å². The third-order valence-corrected chi connectivity index (χ3v) is 4.73. The SMILES string of the molecule is CCCCOC(=O)c1ccc(NC(=O)COC(=O)CCC(=O)Nc2ccccc2CC)cc1. The second-order valence-electron chi connectivity index (χ2n) is 7.33. The van der Waals surface area contributed by atoms with Crippen LogP contribution in [0.1, 0.15) is 55.5 Å². The van der Waals surface area contributed by atoms with Crippen molar-refractivity contribution in [3.05, 3.63) is 59.7 Å². The molecule has 0 heterocycles. The molecule has 2 aromatic carbocycles. The van der Waals surface area contributed by atoms with Gasteiger partial charge in [0.1, 0.15) is 0 Å². The van der Waals surface area contributed by atoms with Crippen LogP contribution in [-0.2, 0) is 30.3 Å². The predicted molar refractivity (Wildman–Crippen MR) is 125 cm³/mol. The number of rotatable bonds is 12. The van der Waals surface area contributed by atoms with Gasteiger partial charge in [0.15, 0.2) is 6.61 Å². The number of para-hydroxylation sites is 1. The lowest BCUT2D eigenvalue weighted by molar-refractivity contribution is -0.147. The molecule has 8 nitrogen and oxygen atoms in total. The average Bonchev–Trinajstić information content (AvgIpc) is 2.82. The minimum absolute atomic E-state index is 0.0473. The van der Waals surface area contributed by atoms with Crippen LogP contribution < -0.4 is 10.6 Å². The minimum Gasteiger partial charge on any atom is -0.462 e. The van der Waals surface area contributed by atoms with Gasteiger partial charge in [-0.1, -0.05) is 38.5 Å². The Kier molecular flexibility index (Phi) is 10.6. The lowest BCUT2D eigenvalue weighted by atomic mass is 10.1. The van der Waals surface area contributed by atoms with E-state index in [9.17, 15) is 19.2 Å². The van der Waals surface area contributed by atoms with Gasteiger partial charge >= 0.3 is 11.9 Å². The van der Waals surface area contributed by atoms with Crippen LogP contribution in [-0.4, -0.2) is 37.0 Å². The number of ether oxygens (including phenoxy) is 2. The monoisotopic (exact) mass is 454 g/mol. The number of unbranched alkanes of at least 4 members (excludes halogenated alkanes) is 1. The van der Waals surface area contributed by atoms with Gasteiger partial charge in [-0.15, -0.1) is 0 Å². The summed E-state index contributed by atoms with van der Waals surface area (Å²) in [5, 5.41) is 5.36. The first-order chi connectivity index (χ1) is 15.9. The number of esters is 2. The zero-order chi connectivity index (χ0) is 24.1. The Bertz CT molecular complexity index is 956. The Balaban J connectivity index is 1.69. The molecule has 2 N–H and O–H groups in total. The molecule has 0 saturated heterocycles. The summed E-state index contributed by atoms with van der Waals surface area (Å²) < 4.78 is 10.1. The summed E-state index contributed by atoms with van der Waals surface area (Å²) in [6, 6.07) is 13.7. The van der Waals surface area contributed by atoms with Crippen LogP contribution in [0.15, 0.2) is 48.5 Å². The van der Waals surface area contributed by atoms with Gasteiger partial charge in [0.25, 0.3) is 5.91 Å². The summed E-state index contributed by atoms with van der Waals surface area (Å²) in [4.78, 5) is 47.8. The zero-order valence-corrected chi connectivity index (χ0v) is 19.0. The van der Waals surface area contributed by atoms with Crippen LogP contribution >= 0.6 is 0 Å². The van der Waals surface area contributed by atoms with Crippen LogP contribution in [0.3, 0.4) is 0 Å². The van der Waals surface area contributed by atoms with Gasteiger partial charge in [0.05, 0.1) is 18.6 Å². The highest BCUT2D eigenvalue weighted by Crippen LogP contribution is 2.16. The number of nitrogens with one attached hydrogen (secondary N) is 2. The Labute approximate surface area is 193 Å². The molecule has 0 spiro atoms. The Morgan fingerprint density at radius 3 is 2.24 bits per heavy atom. The fraction of sp³-hybridized carbons (Fsp3) is 0.360. The van der Waals surface area contributed by atoms with E-state index in [0.29, 0.717) is 17.9 Å². The molecular formula is C25H30N2O6. The second kappa shape index (κ2) is 13.7. The number of benzene rings is 2. The fourth-order valence-corrected chi connectivity index (χ4v) is 2.88. The van der Waals surface area contributed by atoms with Gasteiger partial charge in [-0.2, -0.15) is 0 Å². The van der Waals surface area contributed by atoms with Crippen molar-refractivity contribution in [2.24, 2.45) is 0 Å². The summed E-state index contributed by atoms with van der Waals surface area (Å²) >= 11 is 0. The summed E-state index contributed by atoms with van der Waals surface area (Å²) in [5.41, 5.74) is 2.56. The molecule has 33 heavy (non-hydrogen) atoms. The maximum atomic E-state index is 12.1. The van der Waals surface area contributed by atoms with Gasteiger partial charge in [0, 0.05) is 17.8 Å². The van der Waals surface area contributed by atoms with Crippen LogP contribution in [0, 0.1) is 0 Å². The van der Waals surface area contributed by atoms with Crippen molar-refractivity contribution in [2.75, 3.05) is 23.8 Å². The highest BCUT2D eigenvalue weighted by molar-refractivity contribution is 5.95. The molecule has 0 bridgehead atoms. The van der Waals surface area contributed by atoms with Crippen molar-refractivity contribution in [2.45, 2.75) is 46.0 Å². The molecule has 0 aliphatic carbocycles. The summed E-state index contributed by atoms with van der Waals surface area (Å²) in [7, 11) is 0. The molecule has 0 radical (unpaired) electrons. The molecule has 2 amide bonds. The van der Waals surface area contributed by atoms with Crippen LogP contribution in [0.4, 0.5) is 11.4 Å². The van der Waals surface area contributed by atoms with Crippen molar-refractivity contribution in [1.29, 1.82) is 0 Å². The molecule has 176 valence electrons. The maximum Gasteiger partial charge on any atom is 0.338 e. The lowest BCUT2D eigenvalue weighted by Crippen LogP contribution is -2.22. The van der Waals surface area contributed by atoms with Crippen molar-refractivity contribution < 1.29 is 28.7 Å². The number of carbonyl (C=O) groups is 4. The Morgan fingerprint density at radius 2 is 1.55 bits per heavy atom. The molecule has 0 aliphatic rings. The first-order valence-electron chi connectivity index (χ1n) is 11.0. The van der Waals surface area contributed by atoms with E-state index in [1.807, 2.05) is 32.0 Å². The molecule has 2 rings (SSSR count). The van der Waals surface area contributed by atoms with Crippen LogP contribution in [0.25, 0.3) is 0 Å². The van der Waals surface area contributed by atoms with Gasteiger partial charge in [0.2, 0.25) is 5.91 Å². The van der Waals surface area contributed by atoms with E-state index in [4.69, 9.17) is 9.47 Å². The Morgan fingerprint density at radius 1 is 0.818 bits per heavy atom. The molecule has 0 fully saturated rings. The molecule has 0 aromatic heterocycles. The quantitative estimate of drug-likeness (QED) is 0.369. The van der Waals surface area contributed by atoms with Crippen molar-refractivity contribution in [1.82, 2.24) is 0 Å². The number of amides is 2. The van der Waals surface area contributed by atoms with E-state index in [-0.39, 0.29) is 18.7 Å². The number of hydrogen-bond acceptors (Lipinski definition) is 6. The van der Waals surface area contributed by atoms with Gasteiger partial charge in [-0.05, 0) is 48.7 Å². The highest BCUT2D eigenvalue weighted by atomic mass is 16.5. The molecule has 2 aromatic rings. The van der Waals surface area contributed by atoms with Crippen molar-refractivity contribution >= 4 is 35.1 Å². The topological polar surface area (TPSA) is 111 Å². The Hall–Kier alpha value is -3.68. The standard InChI is InChI=1S/C25H30N2O6/c1-3-5-16-32-25(31)19-10-12-20(13-11-19)26-23(29)17-33-24(30)15-14-22(28)27-21-9-7-6-8-18(21)4-2/h6-13H,3-5,14-17H2,1-2H3,(H,26,29)(H,27,28). The second-order valence-corrected chi connectivity index (χ2v) is 7.33. The number of anilines is 2. The van der Waals surface area contributed by atoms with E-state index in [1.54, 1.807) is 30.3 Å². The van der Waals surface area contributed by atoms with Gasteiger partial charge < -0.3 is 20.1 Å². The third kappa shape index (κ3) is 9.14. The molecule has 0 saturated carbocycles. The predicted octanol–water partition coefficient (Wildman–Crippen LogP) is 4.11. The van der Waals surface area contributed by atoms with Crippen molar-refractivity contribution in [3.8, 4) is 0 Å². The van der Waals surface area contributed by atoms with E-state index >= 15 is 0 Å². The molecule has 0 aliphatic heterocycles. The lowest BCUT2D eigenvalue weighted by Gasteiger charge is -2.10. The largest absolute Gasteiger partial charge is 0.462 e. The van der Waals surface area contributed by atoms with E-state index in [0.717, 1.165) is 30.5 Å². The smallest absolute Gasteiger partial charge is 0.338 e. The van der Waals surface area contributed by atoms with Crippen LogP contribution in [0.2, 0.25) is 0 Å². The maximum absolute atomic E-state index is 12.1. The molecule has 8 heteroatoms. The summed E-state index contributed by atoms with van der Waals surface area (Å²) in [5.74, 6) is -1.89. The number of carbonyl (C=O) groups excluding carboxylic acids is 4. The van der Waals surface area contributed by atoms with Gasteiger partial charge in [-0.25, -0.2) is 4.79 Å². The molecule has 0 unspecified atom stereocenters. The first kappa shape index (κ1) is 25.6. The van der Waals surface area contributed by atoms with Crippen molar-refractivity contribution in [3.63, 3.8) is 0 Å². The summed E-state index contributed by atoms with van der Waals surface area (Å²) in [6.45, 7) is 3.89. The zero-order valence-electron chi connectivity index (χ0n) is 19.0. The van der Waals surface area contributed by atoms with E-state index in [2.05, 4.69) is 10.6 Å². The normalized spacial score (nSPS) is 10.2.